The van der Waals surface area contributed by atoms with Crippen molar-refractivity contribution in [3.8, 4) is 5.75 Å². The van der Waals surface area contributed by atoms with E-state index in [9.17, 15) is 0 Å². The average Bonchev–Trinajstić information content (AvgIpc) is 2.36. The number of nitrogens with one attached hydrogen (secondary N) is 1. The lowest BCUT2D eigenvalue weighted by molar-refractivity contribution is 0.338. The first-order valence-electron chi connectivity index (χ1n) is 6.96. The van der Waals surface area contributed by atoms with Gasteiger partial charge in [0.2, 0.25) is 0 Å². The maximum atomic E-state index is 6.16. The number of nitrogens with two attached hydrogens (primary N) is 1. The maximum absolute atomic E-state index is 6.16. The van der Waals surface area contributed by atoms with E-state index in [-0.39, 0.29) is 6.04 Å². The fraction of sp³-hybridized carbons (Fsp3) is 0.600. The minimum Gasteiger partial charge on any atom is -0.494 e. The van der Waals surface area contributed by atoms with Crippen LogP contribution in [0.3, 0.4) is 0 Å². The molecule has 3 nitrogen and oxygen atoms in total. The molecule has 2 atom stereocenters. The molecule has 1 aromatic rings. The number of ether oxygens (including phenoxy) is 1. The van der Waals surface area contributed by atoms with Gasteiger partial charge in [-0.25, -0.2) is 0 Å². The monoisotopic (exact) mass is 248 g/mol. The van der Waals surface area contributed by atoms with Crippen LogP contribution in [0.15, 0.2) is 18.2 Å². The molecule has 0 bridgehead atoms. The highest BCUT2D eigenvalue weighted by atomic mass is 16.5. The summed E-state index contributed by atoms with van der Waals surface area (Å²) in [6.45, 7) is 4.80. The molecule has 0 saturated heterocycles. The van der Waals surface area contributed by atoms with Crippen LogP contribution in [0, 0.1) is 6.92 Å². The van der Waals surface area contributed by atoms with E-state index in [2.05, 4.69) is 24.4 Å². The molecule has 1 aromatic carbocycles. The molecular formula is C15H24N2O. The second-order valence-corrected chi connectivity index (χ2v) is 5.11. The Morgan fingerprint density at radius 2 is 2.11 bits per heavy atom. The Hall–Kier alpha value is -1.22. The Morgan fingerprint density at radius 1 is 1.33 bits per heavy atom. The first-order chi connectivity index (χ1) is 8.70. The minimum absolute atomic E-state index is 0.283. The molecule has 3 heteroatoms. The van der Waals surface area contributed by atoms with E-state index in [1.165, 1.54) is 24.8 Å². The van der Waals surface area contributed by atoms with E-state index in [4.69, 9.17) is 10.5 Å². The lowest BCUT2D eigenvalue weighted by Crippen LogP contribution is -2.42. The summed E-state index contributed by atoms with van der Waals surface area (Å²) in [6, 6.07) is 6.96. The molecule has 1 saturated carbocycles. The van der Waals surface area contributed by atoms with Gasteiger partial charge >= 0.3 is 0 Å². The summed E-state index contributed by atoms with van der Waals surface area (Å²) in [5, 5.41) is 3.56. The molecule has 3 N–H and O–H groups in total. The summed E-state index contributed by atoms with van der Waals surface area (Å²) in [6.07, 6.45) is 4.85. The summed E-state index contributed by atoms with van der Waals surface area (Å²) in [4.78, 5) is 0. The highest BCUT2D eigenvalue weighted by Crippen LogP contribution is 2.25. The van der Waals surface area contributed by atoms with Gasteiger partial charge in [-0.3, -0.25) is 0 Å². The summed E-state index contributed by atoms with van der Waals surface area (Å²) in [5.74, 6) is 0.969. The molecule has 0 amide bonds. The summed E-state index contributed by atoms with van der Waals surface area (Å²) >= 11 is 0. The normalized spacial score (nSPS) is 23.7. The van der Waals surface area contributed by atoms with Gasteiger partial charge in [0.1, 0.15) is 5.75 Å². The molecular weight excluding hydrogens is 224 g/mol. The molecule has 0 aliphatic heterocycles. The largest absolute Gasteiger partial charge is 0.494 e. The van der Waals surface area contributed by atoms with Crippen LogP contribution in [-0.4, -0.2) is 18.7 Å². The van der Waals surface area contributed by atoms with E-state index < -0.39 is 0 Å². The molecule has 0 aromatic heterocycles. The van der Waals surface area contributed by atoms with Crippen LogP contribution in [0.4, 0.5) is 5.69 Å². The molecule has 0 spiro atoms. The van der Waals surface area contributed by atoms with Gasteiger partial charge in [-0.05, 0) is 50.5 Å². The molecule has 18 heavy (non-hydrogen) atoms. The Labute approximate surface area is 110 Å². The van der Waals surface area contributed by atoms with Gasteiger partial charge in [0.05, 0.1) is 6.61 Å². The fourth-order valence-corrected chi connectivity index (χ4v) is 2.61. The molecule has 2 rings (SSSR count). The maximum Gasteiger partial charge on any atom is 0.122 e. The number of hydrogen-bond donors (Lipinski definition) is 2. The van der Waals surface area contributed by atoms with Crippen molar-refractivity contribution in [1.29, 1.82) is 0 Å². The van der Waals surface area contributed by atoms with E-state index in [1.807, 2.05) is 13.0 Å². The van der Waals surface area contributed by atoms with Crippen molar-refractivity contribution < 1.29 is 4.74 Å². The zero-order valence-corrected chi connectivity index (χ0v) is 11.4. The van der Waals surface area contributed by atoms with Crippen molar-refractivity contribution in [3.05, 3.63) is 23.8 Å². The fourth-order valence-electron chi connectivity index (χ4n) is 2.61. The van der Waals surface area contributed by atoms with Gasteiger partial charge in [-0.1, -0.05) is 12.8 Å². The third kappa shape index (κ3) is 3.16. The zero-order valence-electron chi connectivity index (χ0n) is 11.4. The van der Waals surface area contributed by atoms with Crippen molar-refractivity contribution in [2.24, 2.45) is 5.73 Å². The predicted octanol–water partition coefficient (Wildman–Crippen LogP) is 3.08. The first-order valence-corrected chi connectivity index (χ1v) is 6.96. The Kier molecular flexibility index (Phi) is 4.48. The number of rotatable bonds is 4. The lowest BCUT2D eigenvalue weighted by Gasteiger charge is -2.30. The third-order valence-electron chi connectivity index (χ3n) is 3.65. The molecule has 0 heterocycles. The van der Waals surface area contributed by atoms with Crippen LogP contribution in [-0.2, 0) is 0 Å². The second-order valence-electron chi connectivity index (χ2n) is 5.11. The minimum atomic E-state index is 0.283. The van der Waals surface area contributed by atoms with Gasteiger partial charge < -0.3 is 15.8 Å². The molecule has 100 valence electrons. The topological polar surface area (TPSA) is 47.3 Å². The van der Waals surface area contributed by atoms with Gasteiger partial charge in [-0.2, -0.15) is 0 Å². The molecule has 2 unspecified atom stereocenters. The van der Waals surface area contributed by atoms with E-state index in [0.717, 1.165) is 17.9 Å². The third-order valence-corrected chi connectivity index (χ3v) is 3.65. The lowest BCUT2D eigenvalue weighted by atomic mass is 9.91. The summed E-state index contributed by atoms with van der Waals surface area (Å²) in [7, 11) is 0. The van der Waals surface area contributed by atoms with Crippen molar-refractivity contribution in [1.82, 2.24) is 0 Å². The molecule has 1 aliphatic carbocycles. The Balaban J connectivity index is 2.02. The predicted molar refractivity (Wildman–Crippen MR) is 76.2 cm³/mol. The second kappa shape index (κ2) is 6.10. The SMILES string of the molecule is CCOc1ccc(NC2CCCCC2N)cc1C. The van der Waals surface area contributed by atoms with Crippen LogP contribution < -0.4 is 15.8 Å². The van der Waals surface area contributed by atoms with Crippen molar-refractivity contribution in [2.75, 3.05) is 11.9 Å². The number of anilines is 1. The molecule has 1 aliphatic rings. The summed E-state index contributed by atoms with van der Waals surface area (Å²) < 4.78 is 5.55. The highest BCUT2D eigenvalue weighted by Gasteiger charge is 2.21. The van der Waals surface area contributed by atoms with Crippen LogP contribution in [0.25, 0.3) is 0 Å². The van der Waals surface area contributed by atoms with Crippen LogP contribution in [0.1, 0.15) is 38.2 Å². The quantitative estimate of drug-likeness (QED) is 0.861. The van der Waals surface area contributed by atoms with Crippen molar-refractivity contribution >= 4 is 5.69 Å². The Bertz CT molecular complexity index is 392. The smallest absolute Gasteiger partial charge is 0.122 e. The van der Waals surface area contributed by atoms with Crippen LogP contribution >= 0.6 is 0 Å². The Morgan fingerprint density at radius 3 is 2.78 bits per heavy atom. The molecule has 0 radical (unpaired) electrons. The van der Waals surface area contributed by atoms with E-state index >= 15 is 0 Å². The van der Waals surface area contributed by atoms with Crippen LogP contribution in [0.2, 0.25) is 0 Å². The van der Waals surface area contributed by atoms with E-state index in [1.54, 1.807) is 0 Å². The van der Waals surface area contributed by atoms with E-state index in [0.29, 0.717) is 12.6 Å². The van der Waals surface area contributed by atoms with Crippen LogP contribution in [0.5, 0.6) is 5.75 Å². The van der Waals surface area contributed by atoms with Gasteiger partial charge in [0.15, 0.2) is 0 Å². The highest BCUT2D eigenvalue weighted by molar-refractivity contribution is 5.51. The van der Waals surface area contributed by atoms with Crippen molar-refractivity contribution in [2.45, 2.75) is 51.6 Å². The number of benzene rings is 1. The zero-order chi connectivity index (χ0) is 13.0. The molecule has 1 fully saturated rings. The standard InChI is InChI=1S/C15H24N2O/c1-3-18-15-9-8-12(10-11(15)2)17-14-7-5-4-6-13(14)16/h8-10,13-14,17H,3-7,16H2,1-2H3. The van der Waals surface area contributed by atoms with Gasteiger partial charge in [0, 0.05) is 17.8 Å². The van der Waals surface area contributed by atoms with Crippen molar-refractivity contribution in [3.63, 3.8) is 0 Å². The number of aryl methyl sites for hydroxylation is 1. The van der Waals surface area contributed by atoms with Gasteiger partial charge in [0.25, 0.3) is 0 Å². The summed E-state index contributed by atoms with van der Waals surface area (Å²) in [5.41, 5.74) is 8.48. The number of hydrogen-bond acceptors (Lipinski definition) is 3. The average molecular weight is 248 g/mol. The van der Waals surface area contributed by atoms with Gasteiger partial charge in [-0.15, -0.1) is 0 Å². The first kappa shape index (κ1) is 13.2.